The highest BCUT2D eigenvalue weighted by atomic mass is 16.5. The molecule has 240 valence electrons. The van der Waals surface area contributed by atoms with Gasteiger partial charge in [-0.2, -0.15) is 0 Å². The Kier molecular flexibility index (Phi) is 15.7. The number of nitrogens with zero attached hydrogens (tertiary/aromatic N) is 2. The SMILES string of the molecule is Cc1ccc2c(c1)C(CCCCCCN(CCO)CCO)(CCCCCCN(CCO)CCOC=O)c1cc(C)ccc1-2. The smallest absolute Gasteiger partial charge is 0.293 e. The summed E-state index contributed by atoms with van der Waals surface area (Å²) in [6.45, 7) is 10.0. The third kappa shape index (κ3) is 10.4. The minimum Gasteiger partial charge on any atom is -0.467 e. The quantitative estimate of drug-likeness (QED) is 0.113. The molecule has 0 unspecified atom stereocenters. The number of carbonyl (C=O) groups is 1. The Morgan fingerprint density at radius 1 is 0.628 bits per heavy atom. The van der Waals surface area contributed by atoms with Crippen molar-refractivity contribution in [1.29, 1.82) is 0 Å². The summed E-state index contributed by atoms with van der Waals surface area (Å²) in [5.74, 6) is 0. The van der Waals surface area contributed by atoms with E-state index >= 15 is 0 Å². The van der Waals surface area contributed by atoms with Crippen LogP contribution in [0.1, 0.15) is 86.5 Å². The van der Waals surface area contributed by atoms with E-state index in [0.717, 1.165) is 51.6 Å². The lowest BCUT2D eigenvalue weighted by Gasteiger charge is -2.33. The summed E-state index contributed by atoms with van der Waals surface area (Å²) in [6.07, 6.45) is 11.5. The molecule has 7 heteroatoms. The Hall–Kier alpha value is -2.29. The van der Waals surface area contributed by atoms with Gasteiger partial charge in [-0.3, -0.25) is 14.6 Å². The number of unbranched alkanes of at least 4 members (excludes halogenated alkanes) is 6. The molecule has 1 aliphatic rings. The van der Waals surface area contributed by atoms with Crippen molar-refractivity contribution in [1.82, 2.24) is 9.80 Å². The summed E-state index contributed by atoms with van der Waals surface area (Å²) in [5, 5.41) is 28.0. The van der Waals surface area contributed by atoms with Crippen LogP contribution in [0.5, 0.6) is 0 Å². The molecule has 7 nitrogen and oxygen atoms in total. The Labute approximate surface area is 259 Å². The first-order valence-electron chi connectivity index (χ1n) is 16.5. The van der Waals surface area contributed by atoms with E-state index in [0.29, 0.717) is 39.3 Å². The first-order valence-corrected chi connectivity index (χ1v) is 16.5. The van der Waals surface area contributed by atoms with Crippen LogP contribution in [0.4, 0.5) is 0 Å². The average molecular weight is 597 g/mol. The van der Waals surface area contributed by atoms with Crippen LogP contribution in [0.2, 0.25) is 0 Å². The number of hydrogen-bond acceptors (Lipinski definition) is 7. The van der Waals surface area contributed by atoms with E-state index in [2.05, 4.69) is 60.0 Å². The van der Waals surface area contributed by atoms with Crippen LogP contribution in [0.25, 0.3) is 11.1 Å². The number of rotatable bonds is 24. The van der Waals surface area contributed by atoms with Crippen molar-refractivity contribution >= 4 is 6.47 Å². The van der Waals surface area contributed by atoms with Gasteiger partial charge in [-0.25, -0.2) is 0 Å². The van der Waals surface area contributed by atoms with Crippen LogP contribution in [-0.4, -0.2) is 97.3 Å². The minimum atomic E-state index is 0.0393. The van der Waals surface area contributed by atoms with Gasteiger partial charge in [0.25, 0.3) is 6.47 Å². The number of hydrogen-bond donors (Lipinski definition) is 3. The summed E-state index contributed by atoms with van der Waals surface area (Å²) in [4.78, 5) is 14.8. The second-order valence-electron chi connectivity index (χ2n) is 12.3. The van der Waals surface area contributed by atoms with Crippen molar-refractivity contribution in [2.45, 2.75) is 83.5 Å². The second-order valence-corrected chi connectivity index (χ2v) is 12.3. The lowest BCUT2D eigenvalue weighted by Crippen LogP contribution is -2.31. The molecule has 0 radical (unpaired) electrons. The molecule has 2 aromatic carbocycles. The number of aryl methyl sites for hydroxylation is 2. The Morgan fingerprint density at radius 2 is 1.07 bits per heavy atom. The van der Waals surface area contributed by atoms with Gasteiger partial charge in [-0.15, -0.1) is 0 Å². The molecule has 3 N–H and O–H groups in total. The largest absolute Gasteiger partial charge is 0.467 e. The summed E-state index contributed by atoms with van der Waals surface area (Å²) in [5.41, 5.74) is 8.51. The van der Waals surface area contributed by atoms with Gasteiger partial charge >= 0.3 is 0 Å². The van der Waals surface area contributed by atoms with Gasteiger partial charge in [0, 0.05) is 31.6 Å². The molecule has 0 spiro atoms. The van der Waals surface area contributed by atoms with Gasteiger partial charge in [0.05, 0.1) is 19.8 Å². The summed E-state index contributed by atoms with van der Waals surface area (Å²) >= 11 is 0. The van der Waals surface area contributed by atoms with E-state index in [1.165, 1.54) is 59.1 Å². The predicted molar refractivity (Wildman–Crippen MR) is 174 cm³/mol. The van der Waals surface area contributed by atoms with E-state index < -0.39 is 0 Å². The molecule has 0 fully saturated rings. The molecule has 43 heavy (non-hydrogen) atoms. The van der Waals surface area contributed by atoms with E-state index in [4.69, 9.17) is 4.74 Å². The molecule has 0 bridgehead atoms. The van der Waals surface area contributed by atoms with Crippen LogP contribution >= 0.6 is 0 Å². The van der Waals surface area contributed by atoms with Crippen molar-refractivity contribution in [3.63, 3.8) is 0 Å². The van der Waals surface area contributed by atoms with Gasteiger partial charge < -0.3 is 20.1 Å². The number of fused-ring (bicyclic) bond motifs is 3. The van der Waals surface area contributed by atoms with Gasteiger partial charge in [0.1, 0.15) is 6.61 Å². The summed E-state index contributed by atoms with van der Waals surface area (Å²) < 4.78 is 4.86. The third-order valence-corrected chi connectivity index (χ3v) is 9.17. The molecular formula is C36H56N2O5. The molecule has 3 rings (SSSR count). The standard InChI is InChI=1S/C36H56N2O5/c1-30-11-13-32-33-14-12-31(2)28-35(33)36(34(32)27-30,15-7-3-5-9-17-37(19-23-39)20-24-40)16-8-4-6-10-18-38(21-25-41)22-26-43-29-42/h11-14,27-29,39-41H,3-10,15-26H2,1-2H3. The summed E-state index contributed by atoms with van der Waals surface area (Å²) in [6, 6.07) is 14.1. The maximum Gasteiger partial charge on any atom is 0.293 e. The monoisotopic (exact) mass is 596 g/mol. The normalized spacial score (nSPS) is 13.5. The van der Waals surface area contributed by atoms with Crippen LogP contribution in [-0.2, 0) is 14.9 Å². The average Bonchev–Trinajstić information content (AvgIpc) is 3.24. The molecule has 0 saturated carbocycles. The highest BCUT2D eigenvalue weighted by Gasteiger charge is 2.42. The predicted octanol–water partition coefficient (Wildman–Crippen LogP) is 5.22. The molecular weight excluding hydrogens is 540 g/mol. The fourth-order valence-corrected chi connectivity index (χ4v) is 6.94. The van der Waals surface area contributed by atoms with Crippen molar-refractivity contribution < 1.29 is 24.9 Å². The highest BCUT2D eigenvalue weighted by molar-refractivity contribution is 5.81. The maximum absolute atomic E-state index is 10.5. The Morgan fingerprint density at radius 3 is 1.51 bits per heavy atom. The first-order chi connectivity index (χ1) is 21.0. The zero-order chi connectivity index (χ0) is 30.9. The van der Waals surface area contributed by atoms with Crippen molar-refractivity contribution in [3.8, 4) is 11.1 Å². The number of aliphatic hydroxyl groups excluding tert-OH is 3. The van der Waals surface area contributed by atoms with Crippen LogP contribution in [0.3, 0.4) is 0 Å². The highest BCUT2D eigenvalue weighted by Crippen LogP contribution is 2.54. The molecule has 0 saturated heterocycles. The van der Waals surface area contributed by atoms with Crippen LogP contribution < -0.4 is 0 Å². The van der Waals surface area contributed by atoms with E-state index in [1.807, 2.05) is 0 Å². The van der Waals surface area contributed by atoms with Crippen LogP contribution in [0.15, 0.2) is 36.4 Å². The first kappa shape index (κ1) is 35.2. The van der Waals surface area contributed by atoms with Gasteiger partial charge in [0.2, 0.25) is 0 Å². The zero-order valence-corrected chi connectivity index (χ0v) is 26.7. The number of carbonyl (C=O) groups excluding carboxylic acids is 1. The number of ether oxygens (including phenoxy) is 1. The third-order valence-electron chi connectivity index (χ3n) is 9.17. The molecule has 1 aliphatic carbocycles. The molecule has 0 aliphatic heterocycles. The lowest BCUT2D eigenvalue weighted by atomic mass is 9.70. The van der Waals surface area contributed by atoms with E-state index in [1.54, 1.807) is 0 Å². The van der Waals surface area contributed by atoms with E-state index in [9.17, 15) is 20.1 Å². The molecule has 0 atom stereocenters. The maximum atomic E-state index is 10.5. The summed E-state index contributed by atoms with van der Waals surface area (Å²) in [7, 11) is 0. The van der Waals surface area contributed by atoms with Gasteiger partial charge in [-0.05, 0) is 74.9 Å². The second kappa shape index (κ2) is 19.2. The lowest BCUT2D eigenvalue weighted by molar-refractivity contribution is -0.129. The number of benzene rings is 2. The molecule has 2 aromatic rings. The Balaban J connectivity index is 1.65. The van der Waals surface area contributed by atoms with Gasteiger partial charge in [-0.1, -0.05) is 86.1 Å². The Bertz CT molecular complexity index is 1030. The van der Waals surface area contributed by atoms with Crippen molar-refractivity contribution in [3.05, 3.63) is 58.7 Å². The van der Waals surface area contributed by atoms with Crippen LogP contribution in [0, 0.1) is 13.8 Å². The fraction of sp³-hybridized carbons (Fsp3) is 0.639. The van der Waals surface area contributed by atoms with Crippen molar-refractivity contribution in [2.75, 3.05) is 65.7 Å². The zero-order valence-electron chi connectivity index (χ0n) is 26.7. The van der Waals surface area contributed by atoms with Crippen molar-refractivity contribution in [2.24, 2.45) is 0 Å². The topological polar surface area (TPSA) is 93.5 Å². The number of aliphatic hydroxyl groups is 3. The minimum absolute atomic E-state index is 0.0393. The van der Waals surface area contributed by atoms with E-state index in [-0.39, 0.29) is 25.2 Å². The fourth-order valence-electron chi connectivity index (χ4n) is 6.94. The molecule has 0 aromatic heterocycles. The van der Waals surface area contributed by atoms with Gasteiger partial charge in [0.15, 0.2) is 0 Å². The molecule has 0 heterocycles. The molecule has 0 amide bonds.